The molecule has 1 aliphatic heterocycles. The van der Waals surface area contributed by atoms with E-state index < -0.39 is 0 Å². The Kier molecular flexibility index (Phi) is 4.27. The normalized spacial score (nSPS) is 16.7. The molecule has 0 bridgehead atoms. The molecule has 1 aliphatic rings. The molecule has 1 fully saturated rings. The van der Waals surface area contributed by atoms with Gasteiger partial charge in [-0.1, -0.05) is 0 Å². The van der Waals surface area contributed by atoms with Gasteiger partial charge in [-0.05, 0) is 37.1 Å². The van der Waals surface area contributed by atoms with Crippen LogP contribution >= 0.6 is 0 Å². The summed E-state index contributed by atoms with van der Waals surface area (Å²) in [5, 5.41) is 10.6. The van der Waals surface area contributed by atoms with E-state index >= 15 is 0 Å². The van der Waals surface area contributed by atoms with E-state index in [1.165, 1.54) is 4.57 Å². The van der Waals surface area contributed by atoms with Crippen molar-refractivity contribution in [3.8, 4) is 0 Å². The molecule has 0 saturated carbocycles. The second-order valence-electron chi connectivity index (χ2n) is 6.74. The van der Waals surface area contributed by atoms with E-state index in [0.29, 0.717) is 18.8 Å². The number of rotatable bonds is 3. The molecule has 2 N–H and O–H groups in total. The predicted octanol–water partition coefficient (Wildman–Crippen LogP) is 1.45. The summed E-state index contributed by atoms with van der Waals surface area (Å²) in [6, 6.07) is 5.42. The van der Waals surface area contributed by atoms with Crippen LogP contribution in [0, 0.1) is 6.92 Å². The van der Waals surface area contributed by atoms with Gasteiger partial charge in [-0.15, -0.1) is 5.10 Å². The van der Waals surface area contributed by atoms with Gasteiger partial charge in [0.1, 0.15) is 11.5 Å². The standard InChI is InChI=1S/C18H21N7O2/c1-12-5-8-23(2)17(26)16(12)21-18(27)24-9-6-13(11-24)20-14-3-4-15-19-7-10-25(15)22-14/h3-5,7-8,10,13H,6,9,11H2,1-2H3,(H,20,22)(H,21,27)/t13-/m1/s1. The molecule has 0 radical (unpaired) electrons. The van der Waals surface area contributed by atoms with E-state index in [1.807, 2.05) is 25.1 Å². The van der Waals surface area contributed by atoms with E-state index in [9.17, 15) is 9.59 Å². The average molecular weight is 367 g/mol. The molecule has 27 heavy (non-hydrogen) atoms. The lowest BCUT2D eigenvalue weighted by atomic mass is 10.2. The number of hydrogen-bond acceptors (Lipinski definition) is 5. The molecule has 9 nitrogen and oxygen atoms in total. The number of carbonyl (C=O) groups is 1. The van der Waals surface area contributed by atoms with Gasteiger partial charge in [-0.2, -0.15) is 0 Å². The maximum atomic E-state index is 12.6. The fourth-order valence-corrected chi connectivity index (χ4v) is 3.22. The molecule has 9 heteroatoms. The van der Waals surface area contributed by atoms with E-state index in [-0.39, 0.29) is 17.6 Å². The van der Waals surface area contributed by atoms with Crippen molar-refractivity contribution in [2.75, 3.05) is 23.7 Å². The molecule has 0 unspecified atom stereocenters. The maximum absolute atomic E-state index is 12.6. The molecular weight excluding hydrogens is 346 g/mol. The van der Waals surface area contributed by atoms with Gasteiger partial charge in [0, 0.05) is 44.8 Å². The van der Waals surface area contributed by atoms with Gasteiger partial charge >= 0.3 is 6.03 Å². The van der Waals surface area contributed by atoms with Gasteiger partial charge in [-0.25, -0.2) is 14.3 Å². The van der Waals surface area contributed by atoms with Crippen LogP contribution in [-0.2, 0) is 7.05 Å². The number of imidazole rings is 1. The minimum Gasteiger partial charge on any atom is -0.364 e. The van der Waals surface area contributed by atoms with Crippen molar-refractivity contribution >= 4 is 23.2 Å². The highest BCUT2D eigenvalue weighted by atomic mass is 16.2. The van der Waals surface area contributed by atoms with Crippen molar-refractivity contribution in [1.29, 1.82) is 0 Å². The largest absolute Gasteiger partial charge is 0.364 e. The number of aromatic nitrogens is 4. The van der Waals surface area contributed by atoms with Crippen molar-refractivity contribution in [2.45, 2.75) is 19.4 Å². The summed E-state index contributed by atoms with van der Waals surface area (Å²) in [5.74, 6) is 0.737. The smallest absolute Gasteiger partial charge is 0.322 e. The average Bonchev–Trinajstić information content (AvgIpc) is 3.31. The van der Waals surface area contributed by atoms with Crippen molar-refractivity contribution in [2.24, 2.45) is 7.05 Å². The monoisotopic (exact) mass is 367 g/mol. The van der Waals surface area contributed by atoms with Crippen LogP contribution in [0.15, 0.2) is 41.6 Å². The van der Waals surface area contributed by atoms with Gasteiger partial charge in [0.15, 0.2) is 5.65 Å². The second-order valence-corrected chi connectivity index (χ2v) is 6.74. The summed E-state index contributed by atoms with van der Waals surface area (Å²) >= 11 is 0. The first-order valence-corrected chi connectivity index (χ1v) is 8.80. The Morgan fingerprint density at radius 2 is 2.11 bits per heavy atom. The van der Waals surface area contributed by atoms with Gasteiger partial charge in [-0.3, -0.25) is 4.79 Å². The topological polar surface area (TPSA) is 96.6 Å². The Bertz CT molecular complexity index is 1060. The Labute approximate surface area is 155 Å². The van der Waals surface area contributed by atoms with Crippen LogP contribution in [-0.4, -0.2) is 49.2 Å². The van der Waals surface area contributed by atoms with Crippen molar-refractivity contribution in [3.05, 3.63) is 52.7 Å². The minimum atomic E-state index is -0.260. The highest BCUT2D eigenvalue weighted by Gasteiger charge is 2.27. The number of anilines is 2. The number of urea groups is 1. The van der Waals surface area contributed by atoms with Crippen molar-refractivity contribution < 1.29 is 4.79 Å². The Balaban J connectivity index is 1.41. The Morgan fingerprint density at radius 1 is 1.26 bits per heavy atom. The zero-order valence-electron chi connectivity index (χ0n) is 15.2. The zero-order chi connectivity index (χ0) is 19.0. The van der Waals surface area contributed by atoms with Gasteiger partial charge < -0.3 is 20.1 Å². The highest BCUT2D eigenvalue weighted by molar-refractivity contribution is 5.90. The number of nitrogens with zero attached hydrogens (tertiary/aromatic N) is 5. The first-order valence-electron chi connectivity index (χ1n) is 8.80. The SMILES string of the molecule is Cc1ccn(C)c(=O)c1NC(=O)N1CC[C@@H](Nc2ccc3nccn3n2)C1. The molecule has 0 aliphatic carbocycles. The van der Waals surface area contributed by atoms with E-state index in [4.69, 9.17) is 0 Å². The van der Waals surface area contributed by atoms with Crippen LogP contribution in [0.3, 0.4) is 0 Å². The van der Waals surface area contributed by atoms with Crippen molar-refractivity contribution in [1.82, 2.24) is 24.1 Å². The Morgan fingerprint density at radius 3 is 2.96 bits per heavy atom. The fraction of sp³-hybridized carbons (Fsp3) is 0.333. The van der Waals surface area contributed by atoms with Gasteiger partial charge in [0.05, 0.1) is 0 Å². The number of fused-ring (bicyclic) bond motifs is 1. The molecule has 3 aromatic rings. The maximum Gasteiger partial charge on any atom is 0.322 e. The van der Waals surface area contributed by atoms with E-state index in [0.717, 1.165) is 23.4 Å². The molecule has 2 amide bonds. The van der Waals surface area contributed by atoms with Crippen LogP contribution in [0.5, 0.6) is 0 Å². The zero-order valence-corrected chi connectivity index (χ0v) is 15.2. The second kappa shape index (κ2) is 6.75. The number of nitrogens with one attached hydrogen (secondary N) is 2. The van der Waals surface area contributed by atoms with E-state index in [1.54, 1.807) is 35.1 Å². The molecule has 0 spiro atoms. The lowest BCUT2D eigenvalue weighted by Gasteiger charge is -2.19. The van der Waals surface area contributed by atoms with Gasteiger partial charge in [0.25, 0.3) is 5.56 Å². The summed E-state index contributed by atoms with van der Waals surface area (Å²) in [6.45, 7) is 2.97. The molecule has 140 valence electrons. The van der Waals surface area contributed by atoms with Gasteiger partial charge in [0.2, 0.25) is 0 Å². The summed E-state index contributed by atoms with van der Waals surface area (Å²) in [7, 11) is 1.66. The molecule has 0 aromatic carbocycles. The molecule has 1 atom stereocenters. The quantitative estimate of drug-likeness (QED) is 0.730. The van der Waals surface area contributed by atoms with E-state index in [2.05, 4.69) is 20.7 Å². The summed E-state index contributed by atoms with van der Waals surface area (Å²) in [5.41, 5.74) is 1.65. The van der Waals surface area contributed by atoms with Crippen LogP contribution in [0.2, 0.25) is 0 Å². The number of amides is 2. The third-order valence-corrected chi connectivity index (χ3v) is 4.79. The third kappa shape index (κ3) is 3.35. The van der Waals surface area contributed by atoms with Crippen molar-refractivity contribution in [3.63, 3.8) is 0 Å². The molecule has 1 saturated heterocycles. The fourth-order valence-electron chi connectivity index (χ4n) is 3.22. The number of pyridine rings is 1. The van der Waals surface area contributed by atoms with Crippen LogP contribution in [0.4, 0.5) is 16.3 Å². The summed E-state index contributed by atoms with van der Waals surface area (Å²) in [4.78, 5) is 30.7. The predicted molar refractivity (Wildman–Crippen MR) is 102 cm³/mol. The number of aryl methyl sites for hydroxylation is 2. The minimum absolute atomic E-state index is 0.101. The highest BCUT2D eigenvalue weighted by Crippen LogP contribution is 2.17. The van der Waals surface area contributed by atoms with Crippen LogP contribution in [0.25, 0.3) is 5.65 Å². The number of likely N-dealkylation sites (tertiary alicyclic amines) is 1. The number of hydrogen-bond donors (Lipinski definition) is 2. The first-order chi connectivity index (χ1) is 13.0. The summed E-state index contributed by atoms with van der Waals surface area (Å²) < 4.78 is 3.16. The first kappa shape index (κ1) is 17.1. The lowest BCUT2D eigenvalue weighted by Crippen LogP contribution is -2.37. The molecule has 4 rings (SSSR count). The Hall–Kier alpha value is -3.36. The number of carbonyl (C=O) groups excluding carboxylic acids is 1. The molecular formula is C18H21N7O2. The summed E-state index contributed by atoms with van der Waals surface area (Å²) in [6.07, 6.45) is 5.98. The molecule has 4 heterocycles. The molecule has 3 aromatic heterocycles. The van der Waals surface area contributed by atoms with Crippen LogP contribution < -0.4 is 16.2 Å². The third-order valence-electron chi connectivity index (χ3n) is 4.79. The van der Waals surface area contributed by atoms with Crippen LogP contribution in [0.1, 0.15) is 12.0 Å². The lowest BCUT2D eigenvalue weighted by molar-refractivity contribution is 0.222.